The topological polar surface area (TPSA) is 9.23 Å². The first-order valence-electron chi connectivity index (χ1n) is 2.48. The van der Waals surface area contributed by atoms with Gasteiger partial charge in [-0.25, -0.2) is 0 Å². The number of alkyl halides is 3. The van der Waals surface area contributed by atoms with E-state index in [9.17, 15) is 13.2 Å². The van der Waals surface area contributed by atoms with Gasteiger partial charge in [0.1, 0.15) is 6.61 Å². The Morgan fingerprint density at radius 1 is 1.50 bits per heavy atom. The molecule has 0 amide bonds. The SMILES string of the molecule is C=CCOC(=C)C(F)(F)F. The standard InChI is InChI=1S/C6H7F3O/c1-3-4-10-5(2)6(7,8)9/h3H,1-2,4H2. The minimum Gasteiger partial charge on any atom is -0.485 e. The molecule has 0 fully saturated rings. The summed E-state index contributed by atoms with van der Waals surface area (Å²) < 4.78 is 38.7. The minimum absolute atomic E-state index is 0.168. The van der Waals surface area contributed by atoms with E-state index in [0.717, 1.165) is 0 Å². The molecule has 0 unspecified atom stereocenters. The van der Waals surface area contributed by atoms with Gasteiger partial charge < -0.3 is 4.74 Å². The van der Waals surface area contributed by atoms with E-state index in [0.29, 0.717) is 0 Å². The maximum Gasteiger partial charge on any atom is 0.448 e. The third kappa shape index (κ3) is 3.17. The van der Waals surface area contributed by atoms with Gasteiger partial charge in [0, 0.05) is 0 Å². The lowest BCUT2D eigenvalue weighted by atomic mass is 10.5. The van der Waals surface area contributed by atoms with Crippen molar-refractivity contribution in [2.45, 2.75) is 6.18 Å². The number of ether oxygens (including phenoxy) is 1. The fourth-order valence-corrected chi connectivity index (χ4v) is 0.241. The lowest BCUT2D eigenvalue weighted by molar-refractivity contribution is -0.128. The Labute approximate surface area is 56.8 Å². The van der Waals surface area contributed by atoms with Crippen molar-refractivity contribution in [1.82, 2.24) is 0 Å². The maximum absolute atomic E-state index is 11.5. The van der Waals surface area contributed by atoms with E-state index in [1.165, 1.54) is 6.08 Å². The van der Waals surface area contributed by atoms with E-state index in [1.54, 1.807) is 0 Å². The molecule has 58 valence electrons. The van der Waals surface area contributed by atoms with Crippen LogP contribution in [0.4, 0.5) is 13.2 Å². The summed E-state index contributed by atoms with van der Waals surface area (Å²) in [5, 5.41) is 0. The van der Waals surface area contributed by atoms with Crippen LogP contribution in [0.1, 0.15) is 0 Å². The molecule has 0 saturated carbocycles. The lowest BCUT2D eigenvalue weighted by Crippen LogP contribution is -2.13. The Balaban J connectivity index is 3.74. The average Bonchev–Trinajstić information content (AvgIpc) is 1.80. The highest BCUT2D eigenvalue weighted by Gasteiger charge is 2.33. The molecule has 0 heterocycles. The van der Waals surface area contributed by atoms with Crippen molar-refractivity contribution in [1.29, 1.82) is 0 Å². The molecule has 0 aliphatic rings. The number of halogens is 3. The Hall–Kier alpha value is -0.930. The largest absolute Gasteiger partial charge is 0.485 e. The molecule has 0 rings (SSSR count). The van der Waals surface area contributed by atoms with Crippen molar-refractivity contribution < 1.29 is 17.9 Å². The molecular weight excluding hydrogens is 145 g/mol. The van der Waals surface area contributed by atoms with Gasteiger partial charge in [0.05, 0.1) is 0 Å². The number of hydrogen-bond donors (Lipinski definition) is 0. The van der Waals surface area contributed by atoms with Crippen LogP contribution in [0.25, 0.3) is 0 Å². The molecular formula is C6H7F3O. The van der Waals surface area contributed by atoms with Crippen LogP contribution in [0.15, 0.2) is 25.0 Å². The first kappa shape index (κ1) is 9.07. The molecule has 10 heavy (non-hydrogen) atoms. The molecule has 0 aromatic carbocycles. The molecule has 0 bridgehead atoms. The molecule has 4 heteroatoms. The van der Waals surface area contributed by atoms with Crippen LogP contribution >= 0.6 is 0 Å². The molecule has 0 saturated heterocycles. The normalized spacial score (nSPS) is 10.7. The van der Waals surface area contributed by atoms with E-state index >= 15 is 0 Å². The van der Waals surface area contributed by atoms with Crippen molar-refractivity contribution in [3.8, 4) is 0 Å². The second-order valence-electron chi connectivity index (χ2n) is 1.52. The molecule has 0 N–H and O–H groups in total. The first-order chi connectivity index (χ1) is 4.48. The highest BCUT2D eigenvalue weighted by Crippen LogP contribution is 2.24. The lowest BCUT2D eigenvalue weighted by Gasteiger charge is -2.09. The van der Waals surface area contributed by atoms with Gasteiger partial charge in [-0.15, -0.1) is 0 Å². The third-order valence-electron chi connectivity index (χ3n) is 0.692. The zero-order chi connectivity index (χ0) is 8.20. The number of rotatable bonds is 3. The van der Waals surface area contributed by atoms with Gasteiger partial charge in [-0.3, -0.25) is 0 Å². The van der Waals surface area contributed by atoms with Gasteiger partial charge in [-0.05, 0) is 0 Å². The highest BCUT2D eigenvalue weighted by atomic mass is 19.4. The second kappa shape index (κ2) is 3.29. The molecule has 0 aliphatic carbocycles. The average molecular weight is 152 g/mol. The molecule has 0 aromatic rings. The molecule has 1 nitrogen and oxygen atoms in total. The third-order valence-corrected chi connectivity index (χ3v) is 0.692. The summed E-state index contributed by atoms with van der Waals surface area (Å²) in [6.45, 7) is 5.68. The Bertz CT molecular complexity index is 136. The summed E-state index contributed by atoms with van der Waals surface area (Å²) in [5.74, 6) is -1.19. The van der Waals surface area contributed by atoms with Crippen molar-refractivity contribution in [2.24, 2.45) is 0 Å². The summed E-state index contributed by atoms with van der Waals surface area (Å²) in [6.07, 6.45) is -3.24. The molecule has 0 aliphatic heterocycles. The van der Waals surface area contributed by atoms with Crippen LogP contribution < -0.4 is 0 Å². The van der Waals surface area contributed by atoms with Gasteiger partial charge >= 0.3 is 6.18 Å². The molecule has 0 aromatic heterocycles. The van der Waals surface area contributed by atoms with Crippen molar-refractivity contribution >= 4 is 0 Å². The summed E-state index contributed by atoms with van der Waals surface area (Å²) in [7, 11) is 0. The fourth-order valence-electron chi connectivity index (χ4n) is 0.241. The molecule has 0 atom stereocenters. The second-order valence-corrected chi connectivity index (χ2v) is 1.52. The predicted octanol–water partition coefficient (Wildman–Crippen LogP) is 2.27. The van der Waals surface area contributed by atoms with E-state index in [4.69, 9.17) is 0 Å². The van der Waals surface area contributed by atoms with E-state index < -0.39 is 11.9 Å². The van der Waals surface area contributed by atoms with Crippen LogP contribution in [0.3, 0.4) is 0 Å². The van der Waals surface area contributed by atoms with Crippen molar-refractivity contribution in [2.75, 3.05) is 6.61 Å². The van der Waals surface area contributed by atoms with Gasteiger partial charge in [0.15, 0.2) is 5.76 Å². The smallest absolute Gasteiger partial charge is 0.448 e. The van der Waals surface area contributed by atoms with Crippen LogP contribution in [-0.4, -0.2) is 12.8 Å². The maximum atomic E-state index is 11.5. The minimum atomic E-state index is -4.46. The van der Waals surface area contributed by atoms with Crippen molar-refractivity contribution in [3.05, 3.63) is 25.0 Å². The van der Waals surface area contributed by atoms with Crippen LogP contribution in [0.2, 0.25) is 0 Å². The van der Waals surface area contributed by atoms with Gasteiger partial charge in [-0.1, -0.05) is 19.2 Å². The quantitative estimate of drug-likeness (QED) is 0.445. The van der Waals surface area contributed by atoms with E-state index in [1.807, 2.05) is 0 Å². The highest BCUT2D eigenvalue weighted by molar-refractivity contribution is 4.92. The summed E-state index contributed by atoms with van der Waals surface area (Å²) in [4.78, 5) is 0. The van der Waals surface area contributed by atoms with E-state index in [-0.39, 0.29) is 6.61 Å². The Kier molecular flexibility index (Phi) is 2.99. The zero-order valence-corrected chi connectivity index (χ0v) is 5.24. The van der Waals surface area contributed by atoms with Gasteiger partial charge in [0.2, 0.25) is 0 Å². The molecule has 0 radical (unpaired) electrons. The number of hydrogen-bond acceptors (Lipinski definition) is 1. The fraction of sp³-hybridized carbons (Fsp3) is 0.333. The summed E-state index contributed by atoms with van der Waals surface area (Å²) >= 11 is 0. The predicted molar refractivity (Wildman–Crippen MR) is 31.3 cm³/mol. The number of allylic oxidation sites excluding steroid dienone is 1. The zero-order valence-electron chi connectivity index (χ0n) is 5.24. The van der Waals surface area contributed by atoms with Crippen LogP contribution in [0, 0.1) is 0 Å². The molecule has 0 spiro atoms. The van der Waals surface area contributed by atoms with Crippen LogP contribution in [0.5, 0.6) is 0 Å². The monoisotopic (exact) mass is 152 g/mol. The summed E-state index contributed by atoms with van der Waals surface area (Å²) in [6, 6.07) is 0. The first-order valence-corrected chi connectivity index (χ1v) is 2.48. The Morgan fingerprint density at radius 3 is 2.30 bits per heavy atom. The van der Waals surface area contributed by atoms with Gasteiger partial charge in [-0.2, -0.15) is 13.2 Å². The van der Waals surface area contributed by atoms with Crippen molar-refractivity contribution in [3.63, 3.8) is 0 Å². The van der Waals surface area contributed by atoms with E-state index in [2.05, 4.69) is 17.9 Å². The summed E-state index contributed by atoms with van der Waals surface area (Å²) in [5.41, 5.74) is 0. The Morgan fingerprint density at radius 2 is 2.00 bits per heavy atom. The van der Waals surface area contributed by atoms with Crippen LogP contribution in [-0.2, 0) is 4.74 Å². The van der Waals surface area contributed by atoms with Gasteiger partial charge in [0.25, 0.3) is 0 Å².